The Labute approximate surface area is 184 Å². The molecule has 1 aliphatic heterocycles. The summed E-state index contributed by atoms with van der Waals surface area (Å²) in [6.07, 6.45) is 2.89. The fraction of sp³-hybridized carbons (Fsp3) is 0.455. The quantitative estimate of drug-likeness (QED) is 0.714. The summed E-state index contributed by atoms with van der Waals surface area (Å²) in [6.45, 7) is 3.80. The van der Waals surface area contributed by atoms with Gasteiger partial charge in [0.25, 0.3) is 5.91 Å². The molecule has 1 saturated heterocycles. The van der Waals surface area contributed by atoms with Gasteiger partial charge in [0.15, 0.2) is 0 Å². The van der Waals surface area contributed by atoms with Crippen LogP contribution in [0.4, 0.5) is 14.9 Å². The number of anilines is 1. The summed E-state index contributed by atoms with van der Waals surface area (Å²) in [6, 6.07) is 5.02. The number of carbonyl (C=O) groups is 3. The lowest BCUT2D eigenvalue weighted by Gasteiger charge is -2.33. The van der Waals surface area contributed by atoms with Gasteiger partial charge in [-0.05, 0) is 62.8 Å². The van der Waals surface area contributed by atoms with Crippen LogP contribution >= 0.6 is 11.3 Å². The fourth-order valence-electron chi connectivity index (χ4n) is 4.22. The number of halogens is 1. The normalized spacial score (nSPS) is 23.3. The molecule has 4 amide bonds. The van der Waals surface area contributed by atoms with Crippen molar-refractivity contribution in [3.05, 3.63) is 46.2 Å². The molecule has 1 aromatic heterocycles. The Balaban J connectivity index is 1.55. The standard InChI is InChI=1S/C22H25FN4O3S/c1-14-7-9-22(10-8-14)20(29)27(21(30)25-22)12-19(28)26(11-17-13-31-15(2)24-17)18-5-3-16(23)4-6-18/h3-6,13-14H,7-12H2,1-2H3,(H,25,30). The summed E-state index contributed by atoms with van der Waals surface area (Å²) in [5.41, 5.74) is 0.275. The minimum absolute atomic E-state index is 0.168. The van der Waals surface area contributed by atoms with E-state index in [1.807, 2.05) is 12.3 Å². The van der Waals surface area contributed by atoms with Crippen molar-refractivity contribution in [2.24, 2.45) is 5.92 Å². The second kappa shape index (κ2) is 8.37. The van der Waals surface area contributed by atoms with Crippen LogP contribution in [0.2, 0.25) is 0 Å². The first-order chi connectivity index (χ1) is 14.8. The van der Waals surface area contributed by atoms with Gasteiger partial charge in [-0.2, -0.15) is 0 Å². The monoisotopic (exact) mass is 444 g/mol. The highest BCUT2D eigenvalue weighted by atomic mass is 32.1. The first kappa shape index (κ1) is 21.4. The Morgan fingerprint density at radius 1 is 1.29 bits per heavy atom. The summed E-state index contributed by atoms with van der Waals surface area (Å²) >= 11 is 1.47. The van der Waals surface area contributed by atoms with E-state index in [4.69, 9.17) is 0 Å². The number of thiazole rings is 1. The number of urea groups is 1. The van der Waals surface area contributed by atoms with Crippen molar-refractivity contribution < 1.29 is 18.8 Å². The third kappa shape index (κ3) is 4.32. The van der Waals surface area contributed by atoms with E-state index in [9.17, 15) is 18.8 Å². The van der Waals surface area contributed by atoms with Gasteiger partial charge in [-0.1, -0.05) is 6.92 Å². The molecule has 0 bridgehead atoms. The molecule has 2 heterocycles. The molecule has 1 spiro atoms. The summed E-state index contributed by atoms with van der Waals surface area (Å²) < 4.78 is 13.4. The Morgan fingerprint density at radius 3 is 2.58 bits per heavy atom. The van der Waals surface area contributed by atoms with Crippen LogP contribution in [0.5, 0.6) is 0 Å². The molecule has 1 aliphatic carbocycles. The molecule has 0 unspecified atom stereocenters. The molecule has 1 N–H and O–H groups in total. The molecular weight excluding hydrogens is 419 g/mol. The third-order valence-electron chi connectivity index (χ3n) is 6.09. The van der Waals surface area contributed by atoms with Crippen molar-refractivity contribution in [1.82, 2.24) is 15.2 Å². The molecule has 9 heteroatoms. The number of aromatic nitrogens is 1. The predicted octanol–water partition coefficient (Wildman–Crippen LogP) is 3.62. The van der Waals surface area contributed by atoms with E-state index >= 15 is 0 Å². The molecule has 1 aromatic carbocycles. The molecule has 1 saturated carbocycles. The van der Waals surface area contributed by atoms with Crippen LogP contribution in [0.3, 0.4) is 0 Å². The summed E-state index contributed by atoms with van der Waals surface area (Å²) in [7, 11) is 0. The number of nitrogens with one attached hydrogen (secondary N) is 1. The molecule has 0 atom stereocenters. The number of carbonyl (C=O) groups excluding carboxylic acids is 3. The van der Waals surface area contributed by atoms with Crippen molar-refractivity contribution in [1.29, 1.82) is 0 Å². The average Bonchev–Trinajstić information content (AvgIpc) is 3.25. The topological polar surface area (TPSA) is 82.6 Å². The fourth-order valence-corrected chi connectivity index (χ4v) is 4.83. The average molecular weight is 445 g/mol. The van der Waals surface area contributed by atoms with Gasteiger partial charge in [-0.15, -0.1) is 11.3 Å². The zero-order chi connectivity index (χ0) is 22.2. The van der Waals surface area contributed by atoms with Gasteiger partial charge in [-0.25, -0.2) is 14.2 Å². The number of hydrogen-bond donors (Lipinski definition) is 1. The van der Waals surface area contributed by atoms with E-state index < -0.39 is 23.3 Å². The Kier molecular flexibility index (Phi) is 5.79. The second-order valence-electron chi connectivity index (χ2n) is 8.40. The van der Waals surface area contributed by atoms with E-state index in [2.05, 4.69) is 17.2 Å². The van der Waals surface area contributed by atoms with Crippen LogP contribution in [0.25, 0.3) is 0 Å². The SMILES string of the molecule is Cc1nc(CN(C(=O)CN2C(=O)NC3(CCC(C)CC3)C2=O)c2ccc(F)cc2)cs1. The number of amides is 4. The van der Waals surface area contributed by atoms with E-state index in [0.717, 1.165) is 22.7 Å². The van der Waals surface area contributed by atoms with E-state index in [1.54, 1.807) is 0 Å². The molecule has 0 radical (unpaired) electrons. The highest BCUT2D eigenvalue weighted by Gasteiger charge is 2.52. The van der Waals surface area contributed by atoms with Crippen LogP contribution in [0.1, 0.15) is 43.3 Å². The van der Waals surface area contributed by atoms with Gasteiger partial charge >= 0.3 is 6.03 Å². The zero-order valence-corrected chi connectivity index (χ0v) is 18.4. The van der Waals surface area contributed by atoms with Gasteiger partial charge < -0.3 is 10.2 Å². The van der Waals surface area contributed by atoms with Crippen molar-refractivity contribution in [3.8, 4) is 0 Å². The van der Waals surface area contributed by atoms with E-state index in [0.29, 0.717) is 30.1 Å². The van der Waals surface area contributed by atoms with Crippen molar-refractivity contribution in [2.45, 2.75) is 51.6 Å². The maximum Gasteiger partial charge on any atom is 0.325 e. The lowest BCUT2D eigenvalue weighted by atomic mass is 9.77. The lowest BCUT2D eigenvalue weighted by molar-refractivity contribution is -0.135. The molecular formula is C22H25FN4O3S. The molecule has 2 aliphatic rings. The second-order valence-corrected chi connectivity index (χ2v) is 9.46. The van der Waals surface area contributed by atoms with Gasteiger partial charge in [-0.3, -0.25) is 14.5 Å². The Hall–Kier alpha value is -2.81. The van der Waals surface area contributed by atoms with Crippen LogP contribution in [0.15, 0.2) is 29.6 Å². The van der Waals surface area contributed by atoms with Crippen molar-refractivity contribution in [2.75, 3.05) is 11.4 Å². The van der Waals surface area contributed by atoms with Crippen molar-refractivity contribution in [3.63, 3.8) is 0 Å². The predicted molar refractivity (Wildman–Crippen MR) is 115 cm³/mol. The Bertz CT molecular complexity index is 998. The van der Waals surface area contributed by atoms with Gasteiger partial charge in [0, 0.05) is 11.1 Å². The molecule has 2 fully saturated rings. The molecule has 7 nitrogen and oxygen atoms in total. The Morgan fingerprint density at radius 2 is 1.97 bits per heavy atom. The lowest BCUT2D eigenvalue weighted by Crippen LogP contribution is -2.50. The minimum atomic E-state index is -0.892. The largest absolute Gasteiger partial charge is 0.325 e. The van der Waals surface area contributed by atoms with Gasteiger partial charge in [0.05, 0.1) is 17.2 Å². The number of nitrogens with zero attached hydrogens (tertiary/aromatic N) is 3. The van der Waals surface area contributed by atoms with Crippen molar-refractivity contribution >= 4 is 34.9 Å². The smallest absolute Gasteiger partial charge is 0.323 e. The number of benzene rings is 1. The number of rotatable bonds is 5. The van der Waals surface area contributed by atoms with Crippen LogP contribution < -0.4 is 10.2 Å². The van der Waals surface area contributed by atoms with Gasteiger partial charge in [0.1, 0.15) is 17.9 Å². The van der Waals surface area contributed by atoms with Gasteiger partial charge in [0.2, 0.25) is 5.91 Å². The number of imide groups is 1. The highest BCUT2D eigenvalue weighted by molar-refractivity contribution is 7.09. The number of aryl methyl sites for hydroxylation is 1. The first-order valence-corrected chi connectivity index (χ1v) is 11.3. The van der Waals surface area contributed by atoms with Crippen LogP contribution in [0, 0.1) is 18.7 Å². The third-order valence-corrected chi connectivity index (χ3v) is 6.92. The summed E-state index contributed by atoms with van der Waals surface area (Å²) in [5.74, 6) is -0.659. The van der Waals surface area contributed by atoms with E-state index in [-0.39, 0.29) is 19.0 Å². The maximum absolute atomic E-state index is 13.4. The minimum Gasteiger partial charge on any atom is -0.323 e. The van der Waals surface area contributed by atoms with E-state index in [1.165, 1.54) is 40.5 Å². The molecule has 4 rings (SSSR count). The molecule has 31 heavy (non-hydrogen) atoms. The summed E-state index contributed by atoms with van der Waals surface area (Å²) in [4.78, 5) is 45.8. The zero-order valence-electron chi connectivity index (χ0n) is 17.6. The molecule has 2 aromatic rings. The highest BCUT2D eigenvalue weighted by Crippen LogP contribution is 2.36. The molecule has 164 valence electrons. The number of hydrogen-bond acceptors (Lipinski definition) is 5. The van der Waals surface area contributed by atoms with Crippen LogP contribution in [-0.4, -0.2) is 39.8 Å². The maximum atomic E-state index is 13.4. The summed E-state index contributed by atoms with van der Waals surface area (Å²) in [5, 5.41) is 5.56. The first-order valence-electron chi connectivity index (χ1n) is 10.4. The van der Waals surface area contributed by atoms with Crippen LogP contribution in [-0.2, 0) is 16.1 Å².